The van der Waals surface area contributed by atoms with Gasteiger partial charge in [-0.2, -0.15) is 0 Å². The molecule has 2 rings (SSSR count). The molecule has 0 aliphatic rings. The van der Waals surface area contributed by atoms with Crippen molar-refractivity contribution in [1.82, 2.24) is 4.98 Å². The van der Waals surface area contributed by atoms with Crippen LogP contribution >= 0.6 is 0 Å². The van der Waals surface area contributed by atoms with Crippen molar-refractivity contribution in [2.75, 3.05) is 6.61 Å². The van der Waals surface area contributed by atoms with E-state index in [0.29, 0.717) is 23.6 Å². The van der Waals surface area contributed by atoms with E-state index in [2.05, 4.69) is 4.98 Å². The van der Waals surface area contributed by atoms with Gasteiger partial charge in [0.15, 0.2) is 5.76 Å². The molecule has 0 aliphatic heterocycles. The van der Waals surface area contributed by atoms with Crippen LogP contribution in [0.4, 0.5) is 0 Å². The fourth-order valence-electron chi connectivity index (χ4n) is 1.39. The molecule has 0 radical (unpaired) electrons. The van der Waals surface area contributed by atoms with Crippen LogP contribution in [0.2, 0.25) is 0 Å². The van der Waals surface area contributed by atoms with Crippen molar-refractivity contribution in [3.05, 3.63) is 42.3 Å². The van der Waals surface area contributed by atoms with Gasteiger partial charge in [0.05, 0.1) is 18.4 Å². The minimum atomic E-state index is -0.387. The first-order valence-corrected chi connectivity index (χ1v) is 4.99. The number of pyridine rings is 1. The monoisotopic (exact) mass is 217 g/mol. The highest BCUT2D eigenvalue weighted by Crippen LogP contribution is 2.21. The molecule has 2 heterocycles. The van der Waals surface area contributed by atoms with E-state index in [4.69, 9.17) is 9.15 Å². The van der Waals surface area contributed by atoms with Gasteiger partial charge in [-0.1, -0.05) is 0 Å². The average molecular weight is 217 g/mol. The van der Waals surface area contributed by atoms with E-state index in [-0.39, 0.29) is 5.97 Å². The fourth-order valence-corrected chi connectivity index (χ4v) is 1.39. The highest BCUT2D eigenvalue weighted by atomic mass is 16.5. The van der Waals surface area contributed by atoms with Gasteiger partial charge in [-0.15, -0.1) is 0 Å². The van der Waals surface area contributed by atoms with E-state index >= 15 is 0 Å². The number of esters is 1. The molecule has 0 aromatic carbocycles. The smallest absolute Gasteiger partial charge is 0.340 e. The summed E-state index contributed by atoms with van der Waals surface area (Å²) in [5, 5.41) is 0. The molecule has 2 aromatic heterocycles. The second-order valence-electron chi connectivity index (χ2n) is 3.10. The Hall–Kier alpha value is -2.10. The molecule has 82 valence electrons. The van der Waals surface area contributed by atoms with Crippen LogP contribution in [0.5, 0.6) is 0 Å². The normalized spacial score (nSPS) is 10.1. The predicted molar refractivity (Wildman–Crippen MR) is 57.9 cm³/mol. The number of rotatable bonds is 3. The number of nitrogens with zero attached hydrogens (tertiary/aromatic N) is 1. The Balaban J connectivity index is 2.42. The van der Waals surface area contributed by atoms with E-state index < -0.39 is 0 Å². The van der Waals surface area contributed by atoms with Gasteiger partial charge in [0.2, 0.25) is 0 Å². The minimum absolute atomic E-state index is 0.339. The quantitative estimate of drug-likeness (QED) is 0.741. The molecular formula is C12H11NO3. The molecule has 2 aromatic rings. The fraction of sp³-hybridized carbons (Fsp3) is 0.167. The van der Waals surface area contributed by atoms with E-state index in [1.807, 2.05) is 0 Å². The zero-order valence-corrected chi connectivity index (χ0v) is 8.84. The van der Waals surface area contributed by atoms with Gasteiger partial charge >= 0.3 is 5.97 Å². The molecule has 0 saturated carbocycles. The molecular weight excluding hydrogens is 206 g/mol. The number of carbonyl (C=O) groups excluding carboxylic acids is 1. The zero-order chi connectivity index (χ0) is 11.4. The van der Waals surface area contributed by atoms with E-state index in [0.717, 1.165) is 0 Å². The first-order valence-electron chi connectivity index (χ1n) is 4.99. The van der Waals surface area contributed by atoms with Crippen LogP contribution in [0.3, 0.4) is 0 Å². The molecule has 0 spiro atoms. The molecule has 4 nitrogen and oxygen atoms in total. The second kappa shape index (κ2) is 4.61. The van der Waals surface area contributed by atoms with Crippen molar-refractivity contribution in [2.24, 2.45) is 0 Å². The Labute approximate surface area is 92.9 Å². The third kappa shape index (κ3) is 1.95. The van der Waals surface area contributed by atoms with Crippen LogP contribution in [-0.4, -0.2) is 17.6 Å². The molecule has 0 amide bonds. The zero-order valence-electron chi connectivity index (χ0n) is 8.84. The molecule has 0 saturated heterocycles. The van der Waals surface area contributed by atoms with Crippen LogP contribution in [-0.2, 0) is 4.74 Å². The standard InChI is InChI=1S/C12H11NO3/c1-2-15-12(14)9-5-3-7-13-11(9)10-6-4-8-16-10/h3-8H,2H2,1H3. The van der Waals surface area contributed by atoms with Gasteiger partial charge in [-0.25, -0.2) is 4.79 Å². The first kappa shape index (κ1) is 10.4. The van der Waals surface area contributed by atoms with Crippen molar-refractivity contribution >= 4 is 5.97 Å². The van der Waals surface area contributed by atoms with Crippen LogP contribution in [0.25, 0.3) is 11.5 Å². The van der Waals surface area contributed by atoms with Crippen LogP contribution < -0.4 is 0 Å². The van der Waals surface area contributed by atoms with Crippen LogP contribution in [0.1, 0.15) is 17.3 Å². The van der Waals surface area contributed by atoms with Crippen LogP contribution in [0, 0.1) is 0 Å². The lowest BCUT2D eigenvalue weighted by Gasteiger charge is -2.05. The Bertz CT molecular complexity index is 477. The van der Waals surface area contributed by atoms with E-state index in [1.54, 1.807) is 43.6 Å². The van der Waals surface area contributed by atoms with Crippen LogP contribution in [0.15, 0.2) is 41.1 Å². The number of carbonyl (C=O) groups is 1. The molecule has 0 aliphatic carbocycles. The average Bonchev–Trinajstić information content (AvgIpc) is 2.83. The topological polar surface area (TPSA) is 52.3 Å². The lowest BCUT2D eigenvalue weighted by Crippen LogP contribution is -2.07. The van der Waals surface area contributed by atoms with Gasteiger partial charge in [0, 0.05) is 6.20 Å². The summed E-state index contributed by atoms with van der Waals surface area (Å²) < 4.78 is 10.2. The minimum Gasteiger partial charge on any atom is -0.463 e. The van der Waals surface area contributed by atoms with Crippen molar-refractivity contribution in [2.45, 2.75) is 6.92 Å². The van der Waals surface area contributed by atoms with Crippen molar-refractivity contribution in [3.8, 4) is 11.5 Å². The number of furan rings is 1. The predicted octanol–water partition coefficient (Wildman–Crippen LogP) is 2.52. The maximum atomic E-state index is 11.7. The lowest BCUT2D eigenvalue weighted by atomic mass is 10.1. The Morgan fingerprint density at radius 2 is 2.31 bits per heavy atom. The molecule has 0 fully saturated rings. The summed E-state index contributed by atoms with van der Waals surface area (Å²) in [6, 6.07) is 6.87. The maximum absolute atomic E-state index is 11.7. The summed E-state index contributed by atoms with van der Waals surface area (Å²) in [7, 11) is 0. The lowest BCUT2D eigenvalue weighted by molar-refractivity contribution is 0.0526. The third-order valence-corrected chi connectivity index (χ3v) is 2.06. The highest BCUT2D eigenvalue weighted by molar-refractivity contribution is 5.95. The molecule has 0 unspecified atom stereocenters. The second-order valence-corrected chi connectivity index (χ2v) is 3.10. The summed E-state index contributed by atoms with van der Waals surface area (Å²) in [4.78, 5) is 15.8. The highest BCUT2D eigenvalue weighted by Gasteiger charge is 2.15. The van der Waals surface area contributed by atoms with Crippen molar-refractivity contribution in [1.29, 1.82) is 0 Å². The van der Waals surface area contributed by atoms with Gasteiger partial charge in [-0.05, 0) is 31.2 Å². The molecule has 0 N–H and O–H groups in total. The van der Waals surface area contributed by atoms with Gasteiger partial charge in [0.25, 0.3) is 0 Å². The number of hydrogen-bond acceptors (Lipinski definition) is 4. The first-order chi connectivity index (χ1) is 7.83. The SMILES string of the molecule is CCOC(=O)c1cccnc1-c1ccco1. The van der Waals surface area contributed by atoms with Gasteiger partial charge in [0.1, 0.15) is 5.69 Å². The Morgan fingerprint density at radius 1 is 1.44 bits per heavy atom. The summed E-state index contributed by atoms with van der Waals surface area (Å²) in [6.45, 7) is 2.10. The summed E-state index contributed by atoms with van der Waals surface area (Å²) in [6.07, 6.45) is 3.15. The van der Waals surface area contributed by atoms with Crippen molar-refractivity contribution < 1.29 is 13.9 Å². The van der Waals surface area contributed by atoms with Crippen molar-refractivity contribution in [3.63, 3.8) is 0 Å². The van der Waals surface area contributed by atoms with Gasteiger partial charge in [-0.3, -0.25) is 4.98 Å². The molecule has 0 bridgehead atoms. The summed E-state index contributed by atoms with van der Waals surface area (Å²) >= 11 is 0. The Morgan fingerprint density at radius 3 is 3.00 bits per heavy atom. The van der Waals surface area contributed by atoms with E-state index in [1.165, 1.54) is 0 Å². The maximum Gasteiger partial charge on any atom is 0.340 e. The molecule has 0 atom stereocenters. The molecule has 4 heteroatoms. The Kier molecular flexibility index (Phi) is 3.00. The number of ether oxygens (including phenoxy) is 1. The van der Waals surface area contributed by atoms with E-state index in [9.17, 15) is 4.79 Å². The third-order valence-electron chi connectivity index (χ3n) is 2.06. The van der Waals surface area contributed by atoms with Gasteiger partial charge < -0.3 is 9.15 Å². The number of aromatic nitrogens is 1. The summed E-state index contributed by atoms with van der Waals surface area (Å²) in [5.41, 5.74) is 0.922. The number of hydrogen-bond donors (Lipinski definition) is 0. The molecule has 16 heavy (non-hydrogen) atoms. The largest absolute Gasteiger partial charge is 0.463 e. The summed E-state index contributed by atoms with van der Waals surface area (Å²) in [5.74, 6) is 0.172.